The Morgan fingerprint density at radius 3 is 2.45 bits per heavy atom. The summed E-state index contributed by atoms with van der Waals surface area (Å²) in [6.07, 6.45) is 1.67. The highest BCUT2D eigenvalue weighted by molar-refractivity contribution is 6.35. The second-order valence-corrected chi connectivity index (χ2v) is 5.89. The predicted octanol–water partition coefficient (Wildman–Crippen LogP) is 3.65. The van der Waals surface area contributed by atoms with E-state index in [0.29, 0.717) is 29.4 Å². The van der Waals surface area contributed by atoms with Crippen LogP contribution in [-0.4, -0.2) is 29.8 Å². The number of likely N-dealkylation sites (N-methyl/N-ethyl adjacent to an activating group) is 1. The van der Waals surface area contributed by atoms with Gasteiger partial charge in [0.1, 0.15) is 6.04 Å². The fourth-order valence-corrected chi connectivity index (χ4v) is 2.75. The van der Waals surface area contributed by atoms with Gasteiger partial charge in [0.25, 0.3) is 0 Å². The van der Waals surface area contributed by atoms with Crippen LogP contribution in [0.15, 0.2) is 18.2 Å². The third kappa shape index (κ3) is 4.89. The highest BCUT2D eigenvalue weighted by atomic mass is 35.5. The molecule has 0 aromatic heterocycles. The Morgan fingerprint density at radius 1 is 1.27 bits per heavy atom. The molecule has 0 heterocycles. The molecule has 4 nitrogen and oxygen atoms in total. The summed E-state index contributed by atoms with van der Waals surface area (Å²) in [6.45, 7) is 4.11. The lowest BCUT2D eigenvalue weighted by Gasteiger charge is -2.30. The van der Waals surface area contributed by atoms with Crippen molar-refractivity contribution in [1.82, 2.24) is 10.2 Å². The molecule has 0 radical (unpaired) electrons. The number of carbonyl (C=O) groups is 2. The van der Waals surface area contributed by atoms with Gasteiger partial charge in [0.2, 0.25) is 11.8 Å². The monoisotopic (exact) mass is 344 g/mol. The maximum Gasteiger partial charge on any atom is 0.242 e. The first kappa shape index (κ1) is 18.8. The molecule has 122 valence electrons. The summed E-state index contributed by atoms with van der Waals surface area (Å²) in [5.41, 5.74) is 0.776. The molecule has 22 heavy (non-hydrogen) atoms. The molecule has 1 rings (SSSR count). The summed E-state index contributed by atoms with van der Waals surface area (Å²) in [4.78, 5) is 26.1. The fraction of sp³-hybridized carbons (Fsp3) is 0.500. The highest BCUT2D eigenvalue weighted by Gasteiger charge is 2.27. The van der Waals surface area contributed by atoms with Gasteiger partial charge in [-0.05, 0) is 30.5 Å². The average Bonchev–Trinajstić information content (AvgIpc) is 2.49. The van der Waals surface area contributed by atoms with Crippen LogP contribution in [0.3, 0.4) is 0 Å². The van der Waals surface area contributed by atoms with E-state index in [1.807, 2.05) is 13.8 Å². The largest absolute Gasteiger partial charge is 0.357 e. The molecule has 0 fully saturated rings. The second-order valence-electron chi connectivity index (χ2n) is 5.05. The van der Waals surface area contributed by atoms with Gasteiger partial charge < -0.3 is 10.2 Å². The Kier molecular flexibility index (Phi) is 7.69. The van der Waals surface area contributed by atoms with Crippen molar-refractivity contribution in [3.63, 3.8) is 0 Å². The van der Waals surface area contributed by atoms with Crippen LogP contribution in [0.25, 0.3) is 0 Å². The first-order valence-corrected chi connectivity index (χ1v) is 8.15. The zero-order chi connectivity index (χ0) is 16.7. The smallest absolute Gasteiger partial charge is 0.242 e. The van der Waals surface area contributed by atoms with Crippen molar-refractivity contribution < 1.29 is 9.59 Å². The molecular weight excluding hydrogens is 323 g/mol. The number of nitrogens with one attached hydrogen (secondary N) is 1. The van der Waals surface area contributed by atoms with Gasteiger partial charge in [-0.2, -0.15) is 0 Å². The van der Waals surface area contributed by atoms with Gasteiger partial charge in [0, 0.05) is 30.1 Å². The average molecular weight is 345 g/mol. The van der Waals surface area contributed by atoms with Gasteiger partial charge in [-0.15, -0.1) is 0 Å². The Labute approximate surface area is 141 Å². The Hall–Kier alpha value is -1.26. The van der Waals surface area contributed by atoms with E-state index < -0.39 is 6.04 Å². The molecule has 1 aromatic carbocycles. The molecule has 0 bridgehead atoms. The molecular formula is C16H22Cl2N2O2. The third-order valence-electron chi connectivity index (χ3n) is 3.45. The number of carbonyl (C=O) groups excluding carboxylic acids is 2. The molecule has 0 saturated carbocycles. The summed E-state index contributed by atoms with van der Waals surface area (Å²) >= 11 is 12.1. The van der Waals surface area contributed by atoms with E-state index >= 15 is 0 Å². The molecule has 1 unspecified atom stereocenters. The van der Waals surface area contributed by atoms with Crippen LogP contribution in [0.4, 0.5) is 0 Å². The van der Waals surface area contributed by atoms with Crippen molar-refractivity contribution in [1.29, 1.82) is 0 Å². The van der Waals surface area contributed by atoms with E-state index in [0.717, 1.165) is 12.0 Å². The molecule has 6 heteroatoms. The number of hydrogen-bond donors (Lipinski definition) is 1. The SMILES string of the molecule is CCCC(=O)N(Cc1ccc(Cl)cc1Cl)C(CC)C(=O)NC. The molecule has 0 saturated heterocycles. The van der Waals surface area contributed by atoms with Gasteiger partial charge in [0.15, 0.2) is 0 Å². The van der Waals surface area contributed by atoms with Gasteiger partial charge in [-0.25, -0.2) is 0 Å². The van der Waals surface area contributed by atoms with Crippen molar-refractivity contribution >= 4 is 35.0 Å². The summed E-state index contributed by atoms with van der Waals surface area (Å²) in [7, 11) is 1.57. The van der Waals surface area contributed by atoms with Crippen molar-refractivity contribution in [3.05, 3.63) is 33.8 Å². The van der Waals surface area contributed by atoms with Gasteiger partial charge in [0.05, 0.1) is 0 Å². The van der Waals surface area contributed by atoms with Gasteiger partial charge in [-0.1, -0.05) is 43.1 Å². The molecule has 0 aliphatic heterocycles. The summed E-state index contributed by atoms with van der Waals surface area (Å²) in [5.74, 6) is -0.221. The van der Waals surface area contributed by atoms with Crippen LogP contribution in [0.2, 0.25) is 10.0 Å². The first-order chi connectivity index (χ1) is 10.4. The molecule has 0 aliphatic carbocycles. The number of nitrogens with zero attached hydrogens (tertiary/aromatic N) is 1. The minimum Gasteiger partial charge on any atom is -0.357 e. The van der Waals surface area contributed by atoms with Crippen LogP contribution in [0.5, 0.6) is 0 Å². The maximum absolute atomic E-state index is 12.4. The fourth-order valence-electron chi connectivity index (χ4n) is 2.28. The molecule has 0 aliphatic rings. The van der Waals surface area contributed by atoms with Crippen LogP contribution in [-0.2, 0) is 16.1 Å². The first-order valence-electron chi connectivity index (χ1n) is 7.39. The zero-order valence-electron chi connectivity index (χ0n) is 13.2. The Morgan fingerprint density at radius 2 is 1.95 bits per heavy atom. The highest BCUT2D eigenvalue weighted by Crippen LogP contribution is 2.24. The van der Waals surface area contributed by atoms with Crippen LogP contribution in [0, 0.1) is 0 Å². The van der Waals surface area contributed by atoms with Crippen LogP contribution in [0.1, 0.15) is 38.7 Å². The van der Waals surface area contributed by atoms with Gasteiger partial charge in [-0.3, -0.25) is 9.59 Å². The Bertz CT molecular complexity index is 535. The van der Waals surface area contributed by atoms with E-state index in [9.17, 15) is 9.59 Å². The summed E-state index contributed by atoms with van der Waals surface area (Å²) in [5, 5.41) is 3.65. The van der Waals surface area contributed by atoms with Crippen molar-refractivity contribution in [2.75, 3.05) is 7.05 Å². The topological polar surface area (TPSA) is 49.4 Å². The van der Waals surface area contributed by atoms with E-state index in [-0.39, 0.29) is 11.8 Å². The molecule has 2 amide bonds. The number of rotatable bonds is 7. The van der Waals surface area contributed by atoms with E-state index in [2.05, 4.69) is 5.32 Å². The molecule has 1 N–H and O–H groups in total. The van der Waals surface area contributed by atoms with Crippen LogP contribution < -0.4 is 5.32 Å². The van der Waals surface area contributed by atoms with E-state index in [4.69, 9.17) is 23.2 Å². The molecule has 1 aromatic rings. The summed E-state index contributed by atoms with van der Waals surface area (Å²) < 4.78 is 0. The number of halogens is 2. The molecule has 1 atom stereocenters. The van der Waals surface area contributed by atoms with Crippen molar-refractivity contribution in [3.8, 4) is 0 Å². The lowest BCUT2D eigenvalue weighted by molar-refractivity contribution is -0.141. The quantitative estimate of drug-likeness (QED) is 0.820. The number of hydrogen-bond acceptors (Lipinski definition) is 2. The van der Waals surface area contributed by atoms with Crippen molar-refractivity contribution in [2.24, 2.45) is 0 Å². The minimum absolute atomic E-state index is 0.0519. The Balaban J connectivity index is 3.09. The maximum atomic E-state index is 12.4. The normalized spacial score (nSPS) is 11.9. The standard InChI is InChI=1S/C16H22Cl2N2O2/c1-4-6-15(21)20(14(5-2)16(22)19-3)10-11-7-8-12(17)9-13(11)18/h7-9,14H,4-6,10H2,1-3H3,(H,19,22). The lowest BCUT2D eigenvalue weighted by atomic mass is 10.1. The van der Waals surface area contributed by atoms with Crippen molar-refractivity contribution in [2.45, 2.75) is 45.7 Å². The minimum atomic E-state index is -0.504. The van der Waals surface area contributed by atoms with Gasteiger partial charge >= 0.3 is 0 Å². The van der Waals surface area contributed by atoms with Crippen LogP contribution >= 0.6 is 23.2 Å². The number of amides is 2. The summed E-state index contributed by atoms with van der Waals surface area (Å²) in [6, 6.07) is 4.65. The third-order valence-corrected chi connectivity index (χ3v) is 4.04. The second kappa shape index (κ2) is 9.01. The van der Waals surface area contributed by atoms with E-state index in [1.165, 1.54) is 0 Å². The number of benzene rings is 1. The van der Waals surface area contributed by atoms with E-state index in [1.54, 1.807) is 30.1 Å². The predicted molar refractivity (Wildman–Crippen MR) is 90.1 cm³/mol. The lowest BCUT2D eigenvalue weighted by Crippen LogP contribution is -2.48. The zero-order valence-corrected chi connectivity index (χ0v) is 14.7. The molecule has 0 spiro atoms.